The Hall–Kier alpha value is -2.88. The Morgan fingerprint density at radius 1 is 1.14 bits per heavy atom. The number of hydrogen-bond donors (Lipinski definition) is 1. The van der Waals surface area contributed by atoms with Crippen LogP contribution in [-0.2, 0) is 4.79 Å². The van der Waals surface area contributed by atoms with Crippen LogP contribution in [0.4, 0.5) is 5.69 Å². The minimum atomic E-state index is -0.275. The van der Waals surface area contributed by atoms with Crippen molar-refractivity contribution >= 4 is 23.0 Å². The third kappa shape index (κ3) is 2.43. The summed E-state index contributed by atoms with van der Waals surface area (Å²) in [5.41, 5.74) is 2.28. The van der Waals surface area contributed by atoms with E-state index in [1.807, 2.05) is 6.07 Å². The number of hydrogen-bond acceptors (Lipinski definition) is 3. The van der Waals surface area contributed by atoms with Gasteiger partial charge in [-0.3, -0.25) is 9.59 Å². The van der Waals surface area contributed by atoms with Crippen LogP contribution in [-0.4, -0.2) is 18.8 Å². The quantitative estimate of drug-likeness (QED) is 0.694. The molecule has 0 saturated heterocycles. The van der Waals surface area contributed by atoms with E-state index in [0.717, 1.165) is 0 Å². The van der Waals surface area contributed by atoms with E-state index >= 15 is 0 Å². The van der Waals surface area contributed by atoms with E-state index in [1.54, 1.807) is 49.6 Å². The Morgan fingerprint density at radius 2 is 1.90 bits per heavy atom. The molecule has 0 unspecified atom stereocenters. The number of fused-ring (bicyclic) bond motifs is 1. The molecule has 0 radical (unpaired) electrons. The van der Waals surface area contributed by atoms with Crippen molar-refractivity contribution in [3.63, 3.8) is 0 Å². The largest absolute Gasteiger partial charge is 0.497 e. The second-order valence-electron chi connectivity index (χ2n) is 4.65. The van der Waals surface area contributed by atoms with Gasteiger partial charge in [-0.1, -0.05) is 30.3 Å². The number of ketones is 1. The van der Waals surface area contributed by atoms with Crippen LogP contribution >= 0.6 is 0 Å². The number of ether oxygens (including phenoxy) is 1. The number of allylic oxidation sites excluding steroid dienone is 1. The molecule has 0 aliphatic carbocycles. The zero-order valence-corrected chi connectivity index (χ0v) is 11.4. The topological polar surface area (TPSA) is 55.4 Å². The van der Waals surface area contributed by atoms with Crippen LogP contribution in [0.15, 0.2) is 54.6 Å². The fraction of sp³-hybridized carbons (Fsp3) is 0.0588. The Kier molecular flexibility index (Phi) is 3.28. The molecule has 21 heavy (non-hydrogen) atoms. The highest BCUT2D eigenvalue weighted by Gasteiger charge is 2.25. The van der Waals surface area contributed by atoms with Gasteiger partial charge in [0.1, 0.15) is 5.75 Å². The van der Waals surface area contributed by atoms with Gasteiger partial charge in [0.25, 0.3) is 5.91 Å². The van der Waals surface area contributed by atoms with Gasteiger partial charge in [-0.2, -0.15) is 0 Å². The van der Waals surface area contributed by atoms with Crippen molar-refractivity contribution in [3.8, 4) is 5.75 Å². The summed E-state index contributed by atoms with van der Waals surface area (Å²) in [5.74, 6) is 0.169. The summed E-state index contributed by atoms with van der Waals surface area (Å²) in [6.07, 6.45) is 1.37. The first-order valence-corrected chi connectivity index (χ1v) is 6.50. The maximum absolute atomic E-state index is 12.2. The van der Waals surface area contributed by atoms with Gasteiger partial charge in [0.2, 0.25) is 0 Å². The number of nitrogens with one attached hydrogen (secondary N) is 1. The van der Waals surface area contributed by atoms with Crippen molar-refractivity contribution in [2.24, 2.45) is 0 Å². The van der Waals surface area contributed by atoms with Gasteiger partial charge in [-0.25, -0.2) is 0 Å². The van der Waals surface area contributed by atoms with Gasteiger partial charge in [0, 0.05) is 16.8 Å². The fourth-order valence-corrected chi connectivity index (χ4v) is 2.25. The molecule has 1 heterocycles. The van der Waals surface area contributed by atoms with Crippen molar-refractivity contribution < 1.29 is 14.3 Å². The summed E-state index contributed by atoms with van der Waals surface area (Å²) < 4.78 is 5.16. The van der Waals surface area contributed by atoms with Crippen LogP contribution in [0.1, 0.15) is 15.9 Å². The molecule has 0 aromatic heterocycles. The number of carbonyl (C=O) groups excluding carboxylic acids is 2. The lowest BCUT2D eigenvalue weighted by Gasteiger charge is -2.03. The molecule has 1 aliphatic rings. The molecular weight excluding hydrogens is 266 g/mol. The Labute approximate surface area is 122 Å². The highest BCUT2D eigenvalue weighted by molar-refractivity contribution is 6.35. The summed E-state index contributed by atoms with van der Waals surface area (Å²) in [5, 5.41) is 2.74. The average Bonchev–Trinajstić information content (AvgIpc) is 2.83. The van der Waals surface area contributed by atoms with Crippen LogP contribution in [0, 0.1) is 0 Å². The number of carbonyl (C=O) groups is 2. The van der Waals surface area contributed by atoms with Gasteiger partial charge in [-0.05, 0) is 24.3 Å². The summed E-state index contributed by atoms with van der Waals surface area (Å²) in [4.78, 5) is 24.2. The molecule has 1 aliphatic heterocycles. The molecule has 0 spiro atoms. The number of anilines is 1. The molecule has 0 bridgehead atoms. The third-order valence-electron chi connectivity index (χ3n) is 3.34. The van der Waals surface area contributed by atoms with Gasteiger partial charge in [-0.15, -0.1) is 0 Å². The maximum atomic E-state index is 12.2. The normalized spacial score (nSPS) is 14.7. The van der Waals surface area contributed by atoms with E-state index in [0.29, 0.717) is 28.1 Å². The minimum Gasteiger partial charge on any atom is -0.497 e. The number of rotatable bonds is 3. The first-order chi connectivity index (χ1) is 10.2. The lowest BCUT2D eigenvalue weighted by Crippen LogP contribution is -2.05. The van der Waals surface area contributed by atoms with E-state index in [1.165, 1.54) is 6.08 Å². The van der Waals surface area contributed by atoms with E-state index in [9.17, 15) is 9.59 Å². The Morgan fingerprint density at radius 3 is 2.62 bits per heavy atom. The van der Waals surface area contributed by atoms with Crippen LogP contribution in [0.3, 0.4) is 0 Å². The average molecular weight is 279 g/mol. The number of methoxy groups -OCH3 is 1. The molecular formula is C17H13NO3. The standard InChI is InChI=1S/C17H13NO3/c1-21-12-7-8-15-13(9-12)14(17(20)18-15)10-16(19)11-5-3-2-4-6-11/h2-10H,1H3,(H,18,20). The first-order valence-electron chi connectivity index (χ1n) is 6.50. The molecule has 1 N–H and O–H groups in total. The predicted octanol–water partition coefficient (Wildman–Crippen LogP) is 2.91. The molecule has 2 aromatic rings. The Bertz CT molecular complexity index is 748. The van der Waals surface area contributed by atoms with Crippen molar-refractivity contribution in [2.45, 2.75) is 0 Å². The maximum Gasteiger partial charge on any atom is 0.256 e. The first kappa shape index (κ1) is 13.1. The van der Waals surface area contributed by atoms with Gasteiger partial charge in [0.05, 0.1) is 12.7 Å². The highest BCUT2D eigenvalue weighted by Crippen LogP contribution is 2.34. The lowest BCUT2D eigenvalue weighted by molar-refractivity contribution is -0.110. The number of benzene rings is 2. The molecule has 3 rings (SSSR count). The third-order valence-corrected chi connectivity index (χ3v) is 3.34. The van der Waals surface area contributed by atoms with Crippen LogP contribution in [0.25, 0.3) is 5.57 Å². The SMILES string of the molecule is COc1ccc2c(c1)C(=CC(=O)c1ccccc1)C(=O)N2. The summed E-state index contributed by atoms with van der Waals surface area (Å²) >= 11 is 0. The summed E-state index contributed by atoms with van der Waals surface area (Å²) in [6, 6.07) is 14.1. The highest BCUT2D eigenvalue weighted by atomic mass is 16.5. The van der Waals surface area contributed by atoms with Crippen molar-refractivity contribution in [2.75, 3.05) is 12.4 Å². The van der Waals surface area contributed by atoms with Gasteiger partial charge in [0.15, 0.2) is 5.78 Å². The molecule has 4 nitrogen and oxygen atoms in total. The minimum absolute atomic E-state index is 0.198. The summed E-state index contributed by atoms with van der Waals surface area (Å²) in [6.45, 7) is 0. The molecule has 104 valence electrons. The molecule has 0 fully saturated rings. The zero-order chi connectivity index (χ0) is 14.8. The molecule has 0 saturated carbocycles. The molecule has 2 aromatic carbocycles. The second-order valence-corrected chi connectivity index (χ2v) is 4.65. The predicted molar refractivity (Wildman–Crippen MR) is 80.4 cm³/mol. The van der Waals surface area contributed by atoms with Gasteiger partial charge < -0.3 is 10.1 Å². The Balaban J connectivity index is 2.02. The van der Waals surface area contributed by atoms with E-state index in [4.69, 9.17) is 4.74 Å². The van der Waals surface area contributed by atoms with Crippen molar-refractivity contribution in [1.29, 1.82) is 0 Å². The van der Waals surface area contributed by atoms with Crippen molar-refractivity contribution in [3.05, 3.63) is 65.7 Å². The molecule has 0 atom stereocenters. The fourth-order valence-electron chi connectivity index (χ4n) is 2.25. The van der Waals surface area contributed by atoms with E-state index in [2.05, 4.69) is 5.32 Å². The monoisotopic (exact) mass is 279 g/mol. The van der Waals surface area contributed by atoms with Crippen LogP contribution in [0.2, 0.25) is 0 Å². The molecule has 1 amide bonds. The van der Waals surface area contributed by atoms with Crippen LogP contribution < -0.4 is 10.1 Å². The smallest absolute Gasteiger partial charge is 0.256 e. The second kappa shape index (κ2) is 5.25. The number of amides is 1. The van der Waals surface area contributed by atoms with Crippen molar-refractivity contribution in [1.82, 2.24) is 0 Å². The molecule has 4 heteroatoms. The van der Waals surface area contributed by atoms with E-state index < -0.39 is 0 Å². The lowest BCUT2D eigenvalue weighted by atomic mass is 10.0. The van der Waals surface area contributed by atoms with Gasteiger partial charge >= 0.3 is 0 Å². The summed E-state index contributed by atoms with van der Waals surface area (Å²) in [7, 11) is 1.56. The van der Waals surface area contributed by atoms with E-state index in [-0.39, 0.29) is 11.7 Å². The van der Waals surface area contributed by atoms with Crippen LogP contribution in [0.5, 0.6) is 5.75 Å². The zero-order valence-electron chi connectivity index (χ0n) is 11.4.